The average Bonchev–Trinajstić information content (AvgIpc) is 3.63. The van der Waals surface area contributed by atoms with Crippen molar-refractivity contribution in [3.05, 3.63) is 65.0 Å². The van der Waals surface area contributed by atoms with Gasteiger partial charge in [0.1, 0.15) is 0 Å². The van der Waals surface area contributed by atoms with Gasteiger partial charge in [-0.2, -0.15) is 39.5 Å². The maximum atomic E-state index is 10.6. The molecule has 4 aromatic rings. The Bertz CT molecular complexity index is 1630. The lowest BCUT2D eigenvalue weighted by Crippen LogP contribution is -2.46. The van der Waals surface area contributed by atoms with Crippen molar-refractivity contribution >= 4 is 40.7 Å². The van der Waals surface area contributed by atoms with E-state index in [1.807, 2.05) is 54.5 Å². The zero-order chi connectivity index (χ0) is 37.2. The molecule has 0 amide bonds. The fourth-order valence-corrected chi connectivity index (χ4v) is 4.70. The molecule has 3 N–H and O–H groups in total. The fourth-order valence-electron chi connectivity index (χ4n) is 3.75. The molecule has 268 valence electrons. The average molecular weight is 733 g/mol. The standard InChI is InChI=1S/C21H22N6S.3C2HF3O2/c1-16-4-13-28-19(16)15-25-9-11-26(12-10-25)20-21-24-14-18(27(21)8-7-23-20)17-2-5-22-6-3-17;3*3-2(4,5)1(6)7/h2-8,13-14H,9-12,15H2,1H3;3*(H,6,7). The number of piperazine rings is 1. The largest absolute Gasteiger partial charge is 0.490 e. The number of nitrogens with zero attached hydrogens (tertiary/aromatic N) is 6. The summed E-state index contributed by atoms with van der Waals surface area (Å²) >= 11 is 1.86. The van der Waals surface area contributed by atoms with E-state index in [0.717, 1.165) is 55.4 Å². The minimum absolute atomic E-state index is 0.914. The second-order valence-electron chi connectivity index (χ2n) is 9.52. The highest BCUT2D eigenvalue weighted by molar-refractivity contribution is 7.10. The zero-order valence-corrected chi connectivity index (χ0v) is 25.6. The number of carbonyl (C=O) groups is 3. The lowest BCUT2D eigenvalue weighted by atomic mass is 10.2. The maximum absolute atomic E-state index is 10.6. The van der Waals surface area contributed by atoms with E-state index < -0.39 is 36.4 Å². The van der Waals surface area contributed by atoms with Crippen molar-refractivity contribution in [2.75, 3.05) is 31.1 Å². The van der Waals surface area contributed by atoms with Gasteiger partial charge < -0.3 is 20.2 Å². The minimum Gasteiger partial charge on any atom is -0.475 e. The van der Waals surface area contributed by atoms with Gasteiger partial charge in [0.15, 0.2) is 11.5 Å². The lowest BCUT2D eigenvalue weighted by molar-refractivity contribution is -0.193. The molecule has 1 fully saturated rings. The van der Waals surface area contributed by atoms with Gasteiger partial charge in [0, 0.05) is 68.0 Å². The van der Waals surface area contributed by atoms with Gasteiger partial charge in [0.2, 0.25) is 0 Å². The molecule has 1 saturated heterocycles. The summed E-state index contributed by atoms with van der Waals surface area (Å²) in [5.41, 5.74) is 4.49. The van der Waals surface area contributed by atoms with Crippen LogP contribution in [-0.4, -0.2) is 102 Å². The van der Waals surface area contributed by atoms with Crippen molar-refractivity contribution in [3.63, 3.8) is 0 Å². The van der Waals surface area contributed by atoms with Crippen molar-refractivity contribution in [1.29, 1.82) is 0 Å². The van der Waals surface area contributed by atoms with Crippen LogP contribution < -0.4 is 4.90 Å². The molecule has 0 atom stereocenters. The summed E-state index contributed by atoms with van der Waals surface area (Å²) in [5.74, 6) is -7.30. The SMILES string of the molecule is Cc1ccsc1CN1CCN(c2nccn3c(-c4ccncc4)cnc23)CC1.O=C(O)C(F)(F)F.O=C(O)C(F)(F)F.O=C(O)C(F)(F)F. The van der Waals surface area contributed by atoms with Crippen LogP contribution in [0.5, 0.6) is 0 Å². The van der Waals surface area contributed by atoms with E-state index in [9.17, 15) is 39.5 Å². The van der Waals surface area contributed by atoms with E-state index >= 15 is 0 Å². The highest BCUT2D eigenvalue weighted by Gasteiger charge is 2.39. The van der Waals surface area contributed by atoms with Crippen LogP contribution in [0.25, 0.3) is 16.9 Å². The Labute approximate surface area is 273 Å². The highest BCUT2D eigenvalue weighted by atomic mass is 32.1. The molecular formula is C27H25F9N6O6S. The topological polar surface area (TPSA) is 161 Å². The number of carboxylic acids is 3. The number of imidazole rings is 1. The summed E-state index contributed by atoms with van der Waals surface area (Å²) in [4.78, 5) is 46.5. The van der Waals surface area contributed by atoms with Gasteiger partial charge in [-0.3, -0.25) is 14.3 Å². The zero-order valence-electron chi connectivity index (χ0n) is 24.8. The molecule has 12 nitrogen and oxygen atoms in total. The smallest absolute Gasteiger partial charge is 0.475 e. The van der Waals surface area contributed by atoms with Crippen LogP contribution in [0.2, 0.25) is 0 Å². The maximum Gasteiger partial charge on any atom is 0.490 e. The Morgan fingerprint density at radius 3 is 1.69 bits per heavy atom. The number of hydrogen-bond acceptors (Lipinski definition) is 9. The lowest BCUT2D eigenvalue weighted by Gasteiger charge is -2.35. The van der Waals surface area contributed by atoms with Crippen LogP contribution in [0.3, 0.4) is 0 Å². The minimum atomic E-state index is -5.08. The van der Waals surface area contributed by atoms with E-state index in [2.05, 4.69) is 47.5 Å². The number of rotatable bonds is 4. The number of halogens is 9. The number of pyridine rings is 1. The van der Waals surface area contributed by atoms with Crippen LogP contribution in [0.15, 0.2) is 54.6 Å². The van der Waals surface area contributed by atoms with E-state index in [-0.39, 0.29) is 0 Å². The molecule has 22 heteroatoms. The Morgan fingerprint density at radius 2 is 1.27 bits per heavy atom. The normalized spacial score (nSPS) is 13.6. The molecule has 0 aliphatic carbocycles. The van der Waals surface area contributed by atoms with Gasteiger partial charge in [-0.25, -0.2) is 24.4 Å². The molecule has 5 rings (SSSR count). The second kappa shape index (κ2) is 16.9. The predicted octanol–water partition coefficient (Wildman–Crippen LogP) is 5.38. The van der Waals surface area contributed by atoms with Crippen molar-refractivity contribution in [2.24, 2.45) is 0 Å². The first kappa shape index (κ1) is 40.2. The third-order valence-electron chi connectivity index (χ3n) is 6.12. The quantitative estimate of drug-likeness (QED) is 0.231. The molecule has 0 bridgehead atoms. The monoisotopic (exact) mass is 732 g/mol. The highest BCUT2D eigenvalue weighted by Crippen LogP contribution is 2.26. The van der Waals surface area contributed by atoms with Crippen molar-refractivity contribution in [2.45, 2.75) is 32.0 Å². The number of aromatic nitrogens is 4. The summed E-state index contributed by atoms with van der Waals surface area (Å²) in [6.45, 7) is 7.26. The fraction of sp³-hybridized carbons (Fsp3) is 0.333. The van der Waals surface area contributed by atoms with Gasteiger partial charge in [-0.15, -0.1) is 11.3 Å². The molecule has 4 aromatic heterocycles. The van der Waals surface area contributed by atoms with Crippen LogP contribution in [0.4, 0.5) is 45.3 Å². The molecule has 0 spiro atoms. The number of thiophene rings is 1. The predicted molar refractivity (Wildman–Crippen MR) is 154 cm³/mol. The van der Waals surface area contributed by atoms with Crippen molar-refractivity contribution in [3.8, 4) is 11.3 Å². The number of aliphatic carboxylic acids is 3. The Kier molecular flexibility index (Phi) is 13.9. The third kappa shape index (κ3) is 12.5. The molecule has 1 aliphatic rings. The summed E-state index contributed by atoms with van der Waals surface area (Å²) < 4.78 is 97.3. The Balaban J connectivity index is 0.000000325. The molecule has 1 aliphatic heterocycles. The first-order valence-electron chi connectivity index (χ1n) is 13.3. The van der Waals surface area contributed by atoms with Crippen LogP contribution in [-0.2, 0) is 20.9 Å². The van der Waals surface area contributed by atoms with Gasteiger partial charge in [0.25, 0.3) is 0 Å². The number of fused-ring (bicyclic) bond motifs is 1. The van der Waals surface area contributed by atoms with Crippen LogP contribution in [0, 0.1) is 6.92 Å². The number of carboxylic acid groups (broad SMARTS) is 3. The molecule has 0 radical (unpaired) electrons. The number of hydrogen-bond donors (Lipinski definition) is 3. The number of alkyl halides is 9. The van der Waals surface area contributed by atoms with Crippen LogP contribution in [0.1, 0.15) is 10.4 Å². The van der Waals surface area contributed by atoms with Gasteiger partial charge >= 0.3 is 36.4 Å². The number of anilines is 1. The first-order valence-corrected chi connectivity index (χ1v) is 14.1. The molecular weight excluding hydrogens is 707 g/mol. The summed E-state index contributed by atoms with van der Waals surface area (Å²) in [6, 6.07) is 6.23. The van der Waals surface area contributed by atoms with Crippen molar-refractivity contribution < 1.29 is 69.2 Å². The van der Waals surface area contributed by atoms with Crippen molar-refractivity contribution in [1.82, 2.24) is 24.3 Å². The first-order chi connectivity index (χ1) is 22.6. The van der Waals surface area contributed by atoms with E-state index in [1.165, 1.54) is 10.4 Å². The third-order valence-corrected chi connectivity index (χ3v) is 7.13. The summed E-state index contributed by atoms with van der Waals surface area (Å²) in [5, 5.41) is 23.6. The summed E-state index contributed by atoms with van der Waals surface area (Å²) in [7, 11) is 0. The molecule has 0 saturated carbocycles. The van der Waals surface area contributed by atoms with E-state index in [0.29, 0.717) is 0 Å². The van der Waals surface area contributed by atoms with Gasteiger partial charge in [-0.1, -0.05) is 0 Å². The number of aryl methyl sites for hydroxylation is 1. The Hall–Kier alpha value is -4.99. The molecule has 0 unspecified atom stereocenters. The van der Waals surface area contributed by atoms with Gasteiger partial charge in [-0.05, 0) is 36.1 Å². The summed E-state index contributed by atoms with van der Waals surface area (Å²) in [6.07, 6.45) is -5.85. The van der Waals surface area contributed by atoms with E-state index in [1.54, 1.807) is 0 Å². The Morgan fingerprint density at radius 1 is 0.776 bits per heavy atom. The second-order valence-corrected chi connectivity index (χ2v) is 10.5. The molecule has 0 aromatic carbocycles. The molecule has 5 heterocycles. The molecule has 49 heavy (non-hydrogen) atoms. The van der Waals surface area contributed by atoms with E-state index in [4.69, 9.17) is 29.7 Å². The van der Waals surface area contributed by atoms with Gasteiger partial charge in [0.05, 0.1) is 11.9 Å². The van der Waals surface area contributed by atoms with Crippen LogP contribution >= 0.6 is 11.3 Å².